The summed E-state index contributed by atoms with van der Waals surface area (Å²) in [5.74, 6) is 0. The van der Waals surface area contributed by atoms with E-state index in [1.165, 1.54) is 144 Å². The fourth-order valence-corrected chi connectivity index (χ4v) is 11.7. The number of aryl methyl sites for hydroxylation is 2. The first-order valence-electron chi connectivity index (χ1n) is 28.4. The summed E-state index contributed by atoms with van der Waals surface area (Å²) in [6.45, 7) is 0. The summed E-state index contributed by atoms with van der Waals surface area (Å²) >= 11 is 0. The summed E-state index contributed by atoms with van der Waals surface area (Å²) in [7, 11) is 0. The first-order chi connectivity index (χ1) is 38.7. The van der Waals surface area contributed by atoms with Gasteiger partial charge in [-0.2, -0.15) is 0 Å². The second-order valence-electron chi connectivity index (χ2n) is 21.1. The van der Waals surface area contributed by atoms with Gasteiger partial charge in [-0.15, -0.1) is 0 Å². The Labute approximate surface area is 465 Å². The largest absolute Gasteiger partial charge is 0.0808 e. The van der Waals surface area contributed by atoms with Gasteiger partial charge in [-0.05, 0) is 183 Å². The van der Waals surface area contributed by atoms with Gasteiger partial charge in [0.15, 0.2) is 0 Å². The SMILES string of the molecule is C1=CC2=C(C1)CC=C2.C1=CC2=C(C=CC2)C1.C1=CCC=C1.C1=Cc2ccccc2Cc2ccccc21.c1ccc2c(c1)CCc1ccccc1C2.c1ccc2c(c1)Cc1ccccc1-2.c1ccc2c(c1)Cc1ccccc1C2. The molecular formula is C78H70. The van der Waals surface area contributed by atoms with Crippen LogP contribution in [0.4, 0.5) is 0 Å². The fourth-order valence-electron chi connectivity index (χ4n) is 11.7. The molecule has 0 N–H and O–H groups in total. The van der Waals surface area contributed by atoms with Crippen molar-refractivity contribution in [2.24, 2.45) is 0 Å². The number of hydrogen-bond acceptors (Lipinski definition) is 0. The molecule has 0 unspecified atom stereocenters. The van der Waals surface area contributed by atoms with Gasteiger partial charge >= 0.3 is 0 Å². The van der Waals surface area contributed by atoms with Crippen LogP contribution < -0.4 is 0 Å². The van der Waals surface area contributed by atoms with Crippen molar-refractivity contribution in [1.29, 1.82) is 0 Å². The van der Waals surface area contributed by atoms with Crippen LogP contribution >= 0.6 is 0 Å². The topological polar surface area (TPSA) is 0 Å². The Hall–Kier alpha value is -8.58. The van der Waals surface area contributed by atoms with Crippen molar-refractivity contribution < 1.29 is 0 Å². The summed E-state index contributed by atoms with van der Waals surface area (Å²) in [6, 6.07) is 69.6. The summed E-state index contributed by atoms with van der Waals surface area (Å²) in [4.78, 5) is 0. The maximum atomic E-state index is 2.27. The minimum absolute atomic E-state index is 1.04. The monoisotopic (exact) mass is 1010 g/mol. The zero-order valence-electron chi connectivity index (χ0n) is 45.0. The van der Waals surface area contributed by atoms with Crippen LogP contribution in [0.2, 0.25) is 0 Å². The number of rotatable bonds is 0. The van der Waals surface area contributed by atoms with Gasteiger partial charge in [-0.1, -0.05) is 285 Å². The predicted octanol–water partition coefficient (Wildman–Crippen LogP) is 19.5. The van der Waals surface area contributed by atoms with Gasteiger partial charge in [-0.3, -0.25) is 0 Å². The molecule has 0 aromatic heterocycles. The van der Waals surface area contributed by atoms with Gasteiger partial charge in [-0.25, -0.2) is 0 Å². The Balaban J connectivity index is 0.0000000987. The van der Waals surface area contributed by atoms with Gasteiger partial charge in [0.05, 0.1) is 0 Å². The number of hydrogen-bond donors (Lipinski definition) is 0. The van der Waals surface area contributed by atoms with Crippen molar-refractivity contribution in [3.8, 4) is 11.1 Å². The highest BCUT2D eigenvalue weighted by molar-refractivity contribution is 5.77. The standard InChI is InChI=1S/C15H14.C15H12.C14H12.C13H10.2C8H8.C5H6/c2*1-3-7-14-11-15-8-4-2-6-13(15)10-9-12(14)5-1;1-2-6-12-10-14-8-4-3-7-13(14)9-11(12)5-1;1-3-7-12-10(5-1)9-11-6-2-4-8-13(11)12;2*1-3-7-5-2-6-8(7)4-1;1-2-4-5-3-1/h1-8H,9-11H2;1-10H,11H2;1-8H,9-10H2;1-8H,9H2;1-3,6H,4-5H2;1-3,5H,4,6H2;1-4H,5H2. The van der Waals surface area contributed by atoms with Crippen LogP contribution in [0.1, 0.15) is 110 Å². The van der Waals surface area contributed by atoms with E-state index in [4.69, 9.17) is 0 Å². The molecule has 0 radical (unpaired) electrons. The Morgan fingerprint density at radius 3 is 0.923 bits per heavy atom. The minimum atomic E-state index is 1.04. The van der Waals surface area contributed by atoms with Crippen LogP contribution in [0.25, 0.3) is 23.3 Å². The zero-order valence-corrected chi connectivity index (χ0v) is 45.0. The normalized spacial score (nSPS) is 15.4. The van der Waals surface area contributed by atoms with E-state index in [2.05, 4.69) is 279 Å². The third-order valence-corrected chi connectivity index (χ3v) is 16.0. The molecule has 0 nitrogen and oxygen atoms in total. The van der Waals surface area contributed by atoms with E-state index in [9.17, 15) is 0 Å². The minimum Gasteiger partial charge on any atom is -0.0808 e. The number of fused-ring (bicyclic) bond motifs is 9. The molecule has 8 aromatic carbocycles. The molecule has 0 amide bonds. The van der Waals surface area contributed by atoms with E-state index < -0.39 is 0 Å². The highest BCUT2D eigenvalue weighted by Gasteiger charge is 2.17. The average molecular weight is 1010 g/mol. The maximum absolute atomic E-state index is 2.27. The molecule has 0 atom stereocenters. The Morgan fingerprint density at radius 2 is 0.538 bits per heavy atom. The lowest BCUT2D eigenvalue weighted by Gasteiger charge is -2.18. The van der Waals surface area contributed by atoms with Crippen LogP contribution in [0.5, 0.6) is 0 Å². The summed E-state index contributed by atoms with van der Waals surface area (Å²) in [5.41, 5.74) is 29.4. The molecule has 382 valence electrons. The lowest BCUT2D eigenvalue weighted by Crippen LogP contribution is -2.06. The average Bonchev–Trinajstić information content (AvgIpc) is 4.41. The van der Waals surface area contributed by atoms with Crippen molar-refractivity contribution in [1.82, 2.24) is 0 Å². The lowest BCUT2D eigenvalue weighted by molar-refractivity contribution is 0.965. The lowest BCUT2D eigenvalue weighted by atomic mass is 9.86. The van der Waals surface area contributed by atoms with Gasteiger partial charge in [0.25, 0.3) is 0 Å². The summed E-state index contributed by atoms with van der Waals surface area (Å²) < 4.78 is 0. The molecule has 0 heteroatoms. The second-order valence-corrected chi connectivity index (χ2v) is 21.1. The predicted molar refractivity (Wildman–Crippen MR) is 333 cm³/mol. The zero-order chi connectivity index (χ0) is 52.6. The van der Waals surface area contributed by atoms with Crippen molar-refractivity contribution in [2.45, 2.75) is 77.0 Å². The van der Waals surface area contributed by atoms with E-state index in [-0.39, 0.29) is 0 Å². The van der Waals surface area contributed by atoms with Gasteiger partial charge in [0.2, 0.25) is 0 Å². The van der Waals surface area contributed by atoms with E-state index in [1.807, 2.05) is 0 Å². The first kappa shape index (κ1) is 51.5. The summed E-state index contributed by atoms with van der Waals surface area (Å²) in [6.07, 6.45) is 44.3. The van der Waals surface area contributed by atoms with E-state index >= 15 is 0 Å². The molecule has 9 aliphatic rings. The van der Waals surface area contributed by atoms with E-state index in [0.717, 1.165) is 38.5 Å². The first-order valence-corrected chi connectivity index (χ1v) is 28.4. The van der Waals surface area contributed by atoms with Crippen LogP contribution in [-0.2, 0) is 44.9 Å². The van der Waals surface area contributed by atoms with Crippen molar-refractivity contribution >= 4 is 12.2 Å². The third kappa shape index (κ3) is 13.1. The van der Waals surface area contributed by atoms with E-state index in [0.29, 0.717) is 0 Å². The smallest absolute Gasteiger partial charge is 0.00135 e. The number of allylic oxidation sites excluding steroid dienone is 16. The Bertz CT molecular complexity index is 3400. The molecule has 17 rings (SSSR count). The Morgan fingerprint density at radius 1 is 0.231 bits per heavy atom. The molecule has 0 spiro atoms. The quantitative estimate of drug-likeness (QED) is 0.142. The molecule has 78 heavy (non-hydrogen) atoms. The van der Waals surface area contributed by atoms with Gasteiger partial charge < -0.3 is 0 Å². The summed E-state index contributed by atoms with van der Waals surface area (Å²) in [5, 5.41) is 0. The van der Waals surface area contributed by atoms with Gasteiger partial charge in [0, 0.05) is 0 Å². The van der Waals surface area contributed by atoms with Gasteiger partial charge in [0.1, 0.15) is 0 Å². The highest BCUT2D eigenvalue weighted by Crippen LogP contribution is 2.36. The molecule has 0 bridgehead atoms. The number of benzene rings is 8. The highest BCUT2D eigenvalue weighted by atomic mass is 14.2. The van der Waals surface area contributed by atoms with Crippen molar-refractivity contribution in [3.63, 3.8) is 0 Å². The van der Waals surface area contributed by atoms with Crippen LogP contribution in [0, 0.1) is 0 Å². The molecule has 0 fully saturated rings. The molecule has 0 saturated heterocycles. The maximum Gasteiger partial charge on any atom is -0.00135 e. The van der Waals surface area contributed by atoms with Crippen LogP contribution in [-0.4, -0.2) is 0 Å². The van der Waals surface area contributed by atoms with Crippen molar-refractivity contribution in [3.05, 3.63) is 367 Å². The van der Waals surface area contributed by atoms with E-state index in [1.54, 1.807) is 5.57 Å². The van der Waals surface area contributed by atoms with Crippen LogP contribution in [0.15, 0.2) is 289 Å². The van der Waals surface area contributed by atoms with Crippen molar-refractivity contribution in [2.75, 3.05) is 0 Å². The second kappa shape index (κ2) is 26.0. The third-order valence-electron chi connectivity index (χ3n) is 16.0. The Kier molecular flexibility index (Phi) is 17.2. The molecular weight excluding hydrogens is 937 g/mol. The molecule has 9 aliphatic carbocycles. The molecule has 0 saturated carbocycles. The molecule has 0 heterocycles. The molecule has 8 aromatic rings. The molecule has 0 aliphatic heterocycles. The fraction of sp³-hybridized carbons (Fsp3) is 0.154. The van der Waals surface area contributed by atoms with Crippen LogP contribution in [0.3, 0.4) is 0 Å².